The van der Waals surface area contributed by atoms with Gasteiger partial charge in [0.05, 0.1) is 6.10 Å². The fourth-order valence-corrected chi connectivity index (χ4v) is 0.545. The average Bonchev–Trinajstić information content (AvgIpc) is 2.00. The predicted octanol–water partition coefficient (Wildman–Crippen LogP) is -2.26. The van der Waals surface area contributed by atoms with Crippen molar-refractivity contribution in [1.29, 1.82) is 0 Å². The van der Waals surface area contributed by atoms with E-state index in [2.05, 4.69) is 0 Å². The zero-order chi connectivity index (χ0) is 9.89. The maximum atomic E-state index is 10.5. The monoisotopic (exact) mass is 178 g/mol. The summed E-state index contributed by atoms with van der Waals surface area (Å²) >= 11 is 0. The molecule has 0 saturated heterocycles. The van der Waals surface area contributed by atoms with Crippen LogP contribution in [0.15, 0.2) is 0 Å². The van der Waals surface area contributed by atoms with E-state index in [0.717, 1.165) is 6.92 Å². The first-order chi connectivity index (χ1) is 5.37. The second kappa shape index (κ2) is 4.15. The number of aliphatic hydroxyl groups is 3. The van der Waals surface area contributed by atoms with E-state index >= 15 is 0 Å². The molecular weight excluding hydrogens is 168 g/mol. The second-order valence-electron chi connectivity index (χ2n) is 2.35. The first kappa shape index (κ1) is 11.0. The number of carboxylic acids is 1. The van der Waals surface area contributed by atoms with E-state index in [-0.39, 0.29) is 0 Å². The van der Waals surface area contributed by atoms with E-state index in [1.165, 1.54) is 0 Å². The molecule has 6 heteroatoms. The van der Waals surface area contributed by atoms with Gasteiger partial charge in [0.25, 0.3) is 5.78 Å². The van der Waals surface area contributed by atoms with Crippen LogP contribution in [0.2, 0.25) is 0 Å². The van der Waals surface area contributed by atoms with E-state index in [1.807, 2.05) is 0 Å². The van der Waals surface area contributed by atoms with Gasteiger partial charge in [-0.15, -0.1) is 0 Å². The van der Waals surface area contributed by atoms with Crippen LogP contribution in [-0.4, -0.2) is 50.5 Å². The Morgan fingerprint density at radius 2 is 1.58 bits per heavy atom. The predicted molar refractivity (Wildman–Crippen MR) is 36.3 cm³/mol. The molecule has 0 aliphatic carbocycles. The number of carbonyl (C=O) groups is 2. The molecule has 12 heavy (non-hydrogen) atoms. The summed E-state index contributed by atoms with van der Waals surface area (Å²) in [6.45, 7) is 1.13. The molecule has 4 N–H and O–H groups in total. The van der Waals surface area contributed by atoms with Crippen LogP contribution in [0.3, 0.4) is 0 Å². The summed E-state index contributed by atoms with van der Waals surface area (Å²) in [5, 5.41) is 34.4. The molecule has 0 amide bonds. The number of hydrogen-bond acceptors (Lipinski definition) is 5. The fraction of sp³-hybridized carbons (Fsp3) is 0.667. The lowest BCUT2D eigenvalue weighted by molar-refractivity contribution is -0.158. The van der Waals surface area contributed by atoms with Gasteiger partial charge in [0, 0.05) is 0 Å². The number of Topliss-reactive ketones (excluding diaryl/α,β-unsaturated/α-hetero) is 1. The van der Waals surface area contributed by atoms with Crippen molar-refractivity contribution in [3.8, 4) is 0 Å². The summed E-state index contributed by atoms with van der Waals surface area (Å²) in [5.74, 6) is -3.38. The molecule has 0 rings (SSSR count). The minimum absolute atomic E-state index is 1.13. The lowest BCUT2D eigenvalue weighted by Crippen LogP contribution is -2.43. The van der Waals surface area contributed by atoms with Crippen LogP contribution in [0, 0.1) is 0 Å². The molecule has 0 radical (unpaired) electrons. The minimum atomic E-state index is -2.08. The van der Waals surface area contributed by atoms with E-state index < -0.39 is 30.1 Å². The highest BCUT2D eigenvalue weighted by molar-refractivity contribution is 6.34. The van der Waals surface area contributed by atoms with Crippen LogP contribution in [0.25, 0.3) is 0 Å². The van der Waals surface area contributed by atoms with Crippen molar-refractivity contribution in [2.75, 3.05) is 0 Å². The highest BCUT2D eigenvalue weighted by Gasteiger charge is 2.31. The topological polar surface area (TPSA) is 115 Å². The van der Waals surface area contributed by atoms with Crippen molar-refractivity contribution in [2.24, 2.45) is 0 Å². The molecular formula is C6H10O6. The first-order valence-corrected chi connectivity index (χ1v) is 3.19. The third-order valence-corrected chi connectivity index (χ3v) is 1.30. The van der Waals surface area contributed by atoms with E-state index in [0.29, 0.717) is 0 Å². The second-order valence-corrected chi connectivity index (χ2v) is 2.35. The van der Waals surface area contributed by atoms with Gasteiger partial charge in [0.1, 0.15) is 6.10 Å². The van der Waals surface area contributed by atoms with Gasteiger partial charge in [-0.2, -0.15) is 0 Å². The highest BCUT2D eigenvalue weighted by Crippen LogP contribution is 2.00. The first-order valence-electron chi connectivity index (χ1n) is 3.19. The lowest BCUT2D eigenvalue weighted by Gasteiger charge is -2.16. The Balaban J connectivity index is 4.29. The molecule has 6 nitrogen and oxygen atoms in total. The van der Waals surface area contributed by atoms with Crippen LogP contribution >= 0.6 is 0 Å². The molecule has 0 aromatic rings. The van der Waals surface area contributed by atoms with Crippen molar-refractivity contribution >= 4 is 11.8 Å². The van der Waals surface area contributed by atoms with Gasteiger partial charge in [-0.3, -0.25) is 4.79 Å². The van der Waals surface area contributed by atoms with Crippen molar-refractivity contribution in [2.45, 2.75) is 25.2 Å². The molecule has 0 saturated carbocycles. The van der Waals surface area contributed by atoms with Gasteiger partial charge in [0.15, 0.2) is 6.10 Å². The third-order valence-electron chi connectivity index (χ3n) is 1.30. The summed E-state index contributed by atoms with van der Waals surface area (Å²) in [4.78, 5) is 20.4. The molecule has 3 atom stereocenters. The molecule has 0 bridgehead atoms. The zero-order valence-electron chi connectivity index (χ0n) is 6.34. The molecule has 0 aliphatic rings. The fourth-order valence-electron chi connectivity index (χ4n) is 0.545. The maximum absolute atomic E-state index is 10.5. The lowest BCUT2D eigenvalue weighted by atomic mass is 10.1. The molecule has 0 aromatic carbocycles. The smallest absolute Gasteiger partial charge is 0.375 e. The Kier molecular flexibility index (Phi) is 3.81. The van der Waals surface area contributed by atoms with Gasteiger partial charge in [-0.1, -0.05) is 0 Å². The number of carboxylic acid groups (broad SMARTS) is 1. The Morgan fingerprint density at radius 1 is 1.17 bits per heavy atom. The zero-order valence-corrected chi connectivity index (χ0v) is 6.34. The Labute approximate surface area is 68.1 Å². The van der Waals surface area contributed by atoms with E-state index in [4.69, 9.17) is 20.4 Å². The number of hydrogen-bond donors (Lipinski definition) is 4. The molecule has 0 aromatic heterocycles. The maximum Gasteiger partial charge on any atom is 0.375 e. The number of rotatable bonds is 4. The summed E-state index contributed by atoms with van der Waals surface area (Å²) in [7, 11) is 0. The minimum Gasteiger partial charge on any atom is -0.475 e. The molecule has 0 fully saturated rings. The Bertz CT molecular complexity index is 186. The molecule has 0 aliphatic heterocycles. The third kappa shape index (κ3) is 2.57. The number of aliphatic hydroxyl groups excluding tert-OH is 3. The molecule has 0 spiro atoms. The summed E-state index contributed by atoms with van der Waals surface area (Å²) in [6, 6.07) is 0. The van der Waals surface area contributed by atoms with Gasteiger partial charge < -0.3 is 20.4 Å². The summed E-state index contributed by atoms with van der Waals surface area (Å²) in [5.41, 5.74) is 0. The van der Waals surface area contributed by atoms with Gasteiger partial charge in [-0.25, -0.2) is 4.79 Å². The van der Waals surface area contributed by atoms with Crippen LogP contribution in [0.1, 0.15) is 6.92 Å². The van der Waals surface area contributed by atoms with Crippen LogP contribution < -0.4 is 0 Å². The SMILES string of the molecule is C[C@H](O)[C@H](O)[C@@H](O)C(=O)C(=O)O. The van der Waals surface area contributed by atoms with Crippen molar-refractivity contribution in [1.82, 2.24) is 0 Å². The average molecular weight is 178 g/mol. The largest absolute Gasteiger partial charge is 0.475 e. The quantitative estimate of drug-likeness (QED) is 0.361. The van der Waals surface area contributed by atoms with Crippen LogP contribution in [0.5, 0.6) is 0 Å². The number of aliphatic carboxylic acids is 1. The molecule has 70 valence electrons. The van der Waals surface area contributed by atoms with Gasteiger partial charge in [0.2, 0.25) is 0 Å². The van der Waals surface area contributed by atoms with Crippen molar-refractivity contribution in [3.63, 3.8) is 0 Å². The molecule has 0 unspecified atom stereocenters. The van der Waals surface area contributed by atoms with Crippen molar-refractivity contribution < 1.29 is 30.0 Å². The molecule has 0 heterocycles. The Hall–Kier alpha value is -0.980. The van der Waals surface area contributed by atoms with Crippen molar-refractivity contribution in [3.05, 3.63) is 0 Å². The van der Waals surface area contributed by atoms with Crippen LogP contribution in [0.4, 0.5) is 0 Å². The van der Waals surface area contributed by atoms with Gasteiger partial charge >= 0.3 is 5.97 Å². The number of carbonyl (C=O) groups excluding carboxylic acids is 1. The summed E-state index contributed by atoms with van der Waals surface area (Å²) in [6.07, 6.45) is -5.21. The van der Waals surface area contributed by atoms with Gasteiger partial charge in [-0.05, 0) is 6.92 Å². The normalized spacial score (nSPS) is 18.0. The highest BCUT2D eigenvalue weighted by atomic mass is 16.4. The Morgan fingerprint density at radius 3 is 1.83 bits per heavy atom. The van der Waals surface area contributed by atoms with E-state index in [1.54, 1.807) is 0 Å². The van der Waals surface area contributed by atoms with Crippen LogP contribution in [-0.2, 0) is 9.59 Å². The van der Waals surface area contributed by atoms with E-state index in [9.17, 15) is 9.59 Å². The standard InChI is InChI=1S/C6H10O6/c1-2(7)3(8)4(9)5(10)6(11)12/h2-4,7-9H,1H3,(H,11,12)/t2-,3-,4+/m0/s1. The number of ketones is 1. The summed E-state index contributed by atoms with van der Waals surface area (Å²) < 4.78 is 0.